The van der Waals surface area contributed by atoms with Crippen LogP contribution in [0.3, 0.4) is 0 Å². The Bertz CT molecular complexity index is 743. The van der Waals surface area contributed by atoms with Crippen molar-refractivity contribution in [2.45, 2.75) is 32.3 Å². The van der Waals surface area contributed by atoms with Crippen LogP contribution in [0.25, 0.3) is 10.8 Å². The van der Waals surface area contributed by atoms with E-state index in [2.05, 4.69) is 0 Å². The average Bonchev–Trinajstić information content (AvgIpc) is 2.41. The Morgan fingerprint density at radius 1 is 1.00 bits per heavy atom. The van der Waals surface area contributed by atoms with Crippen LogP contribution < -0.4 is 0 Å². The Hall–Kier alpha value is -2.47. The summed E-state index contributed by atoms with van der Waals surface area (Å²) in [6.07, 6.45) is 0.137. The van der Waals surface area contributed by atoms with Gasteiger partial charge in [-0.3, -0.25) is 4.79 Å². The molecule has 0 bridgehead atoms. The van der Waals surface area contributed by atoms with Gasteiger partial charge in [0.2, 0.25) is 0 Å². The lowest BCUT2D eigenvalue weighted by Gasteiger charge is -2.17. The second kappa shape index (κ2) is 5.38. The van der Waals surface area contributed by atoms with Gasteiger partial charge in [0.15, 0.2) is 5.78 Å². The van der Waals surface area contributed by atoms with E-state index in [4.69, 9.17) is 0 Å². The van der Waals surface area contributed by atoms with E-state index >= 15 is 0 Å². The quantitative estimate of drug-likeness (QED) is 0.437. The number of carbonyl (C=O) groups excluding carboxylic acids is 1. The van der Waals surface area contributed by atoms with Gasteiger partial charge >= 0.3 is 0 Å². The fraction of sp³-hybridized carbons (Fsp3) is 0.312. The van der Waals surface area contributed by atoms with Crippen LogP contribution in [-0.2, 0) is 0 Å². The second-order valence-corrected chi connectivity index (χ2v) is 5.88. The SMILES string of the molecule is CC(C)(O)CCC(=O)c1cc(O)c2c(O)ccc(O)c2c1O. The number of carbonyl (C=O) groups is 1. The highest BCUT2D eigenvalue weighted by Gasteiger charge is 2.23. The van der Waals surface area contributed by atoms with E-state index in [0.29, 0.717) is 0 Å². The third-order valence-electron chi connectivity index (χ3n) is 3.45. The summed E-state index contributed by atoms with van der Waals surface area (Å²) in [5, 5.41) is 49.1. The van der Waals surface area contributed by atoms with Gasteiger partial charge in [0.1, 0.15) is 23.0 Å². The first-order chi connectivity index (χ1) is 10.1. The molecule has 0 saturated carbocycles. The van der Waals surface area contributed by atoms with E-state index in [-0.39, 0.29) is 40.7 Å². The van der Waals surface area contributed by atoms with E-state index in [1.54, 1.807) is 13.8 Å². The van der Waals surface area contributed by atoms with Crippen molar-refractivity contribution in [3.05, 3.63) is 23.8 Å². The third-order valence-corrected chi connectivity index (χ3v) is 3.45. The van der Waals surface area contributed by atoms with Gasteiger partial charge in [0, 0.05) is 6.42 Å². The maximum Gasteiger partial charge on any atom is 0.166 e. The Morgan fingerprint density at radius 2 is 1.55 bits per heavy atom. The average molecular weight is 306 g/mol. The summed E-state index contributed by atoms with van der Waals surface area (Å²) in [5.41, 5.74) is -1.21. The zero-order valence-electron chi connectivity index (χ0n) is 12.3. The molecule has 0 fully saturated rings. The Morgan fingerprint density at radius 3 is 2.09 bits per heavy atom. The van der Waals surface area contributed by atoms with Gasteiger partial charge in [-0.25, -0.2) is 0 Å². The standard InChI is InChI=1S/C16H18O6/c1-16(2,22)6-5-9(17)8-7-12(20)13-10(18)3-4-11(19)14(13)15(8)21/h3-4,7,18-22H,5-6H2,1-2H3. The van der Waals surface area contributed by atoms with Gasteiger partial charge in [-0.05, 0) is 38.5 Å². The Balaban J connectivity index is 2.55. The summed E-state index contributed by atoms with van der Waals surface area (Å²) in [7, 11) is 0. The topological polar surface area (TPSA) is 118 Å². The third kappa shape index (κ3) is 2.92. The molecular weight excluding hydrogens is 288 g/mol. The first-order valence-electron chi connectivity index (χ1n) is 6.77. The minimum absolute atomic E-state index is 0.0401. The predicted octanol–water partition coefficient (Wildman–Crippen LogP) is 2.40. The molecule has 5 N–H and O–H groups in total. The number of aromatic hydroxyl groups is 4. The lowest BCUT2D eigenvalue weighted by Crippen LogP contribution is -2.19. The molecule has 6 nitrogen and oxygen atoms in total. The first kappa shape index (κ1) is 15.9. The van der Waals surface area contributed by atoms with Gasteiger partial charge in [0.05, 0.1) is 21.9 Å². The molecule has 2 aromatic rings. The van der Waals surface area contributed by atoms with Gasteiger partial charge in [-0.2, -0.15) is 0 Å². The van der Waals surface area contributed by atoms with E-state index < -0.39 is 22.9 Å². The molecule has 0 unspecified atom stereocenters. The summed E-state index contributed by atoms with van der Waals surface area (Å²) < 4.78 is 0. The van der Waals surface area contributed by atoms with Crippen LogP contribution in [0.2, 0.25) is 0 Å². The maximum atomic E-state index is 12.2. The number of phenolic OH excluding ortho intramolecular Hbond substituents is 4. The highest BCUT2D eigenvalue weighted by atomic mass is 16.3. The monoisotopic (exact) mass is 306 g/mol. The zero-order chi connectivity index (χ0) is 16.7. The molecule has 118 valence electrons. The summed E-state index contributed by atoms with van der Waals surface area (Å²) >= 11 is 0. The molecule has 2 aromatic carbocycles. The number of Topliss-reactive ketones (excluding diaryl/α,β-unsaturated/α-hetero) is 1. The van der Waals surface area contributed by atoms with Gasteiger partial charge in [-0.1, -0.05) is 0 Å². The number of aliphatic hydroxyl groups is 1. The van der Waals surface area contributed by atoms with Crippen molar-refractivity contribution in [3.8, 4) is 23.0 Å². The van der Waals surface area contributed by atoms with Gasteiger partial charge in [-0.15, -0.1) is 0 Å². The summed E-state index contributed by atoms with van der Waals surface area (Å²) in [6, 6.07) is 3.37. The van der Waals surface area contributed by atoms with Crippen molar-refractivity contribution in [2.24, 2.45) is 0 Å². The van der Waals surface area contributed by atoms with E-state index in [9.17, 15) is 30.3 Å². The molecule has 0 radical (unpaired) electrons. The summed E-state index contributed by atoms with van der Waals surface area (Å²) in [4.78, 5) is 12.2. The molecule has 0 spiro atoms. The van der Waals surface area contributed by atoms with Crippen molar-refractivity contribution in [2.75, 3.05) is 0 Å². The van der Waals surface area contributed by atoms with Crippen molar-refractivity contribution in [1.29, 1.82) is 0 Å². The molecule has 0 saturated heterocycles. The second-order valence-electron chi connectivity index (χ2n) is 5.88. The molecule has 2 rings (SSSR count). The van der Waals surface area contributed by atoms with Crippen LogP contribution in [0.1, 0.15) is 37.0 Å². The highest BCUT2D eigenvalue weighted by Crippen LogP contribution is 2.44. The number of ketones is 1. The van der Waals surface area contributed by atoms with Crippen LogP contribution in [0.5, 0.6) is 23.0 Å². The number of hydrogen-bond donors (Lipinski definition) is 5. The largest absolute Gasteiger partial charge is 0.507 e. The van der Waals surface area contributed by atoms with Gasteiger partial charge < -0.3 is 25.5 Å². The smallest absolute Gasteiger partial charge is 0.166 e. The molecule has 0 atom stereocenters. The normalized spacial score (nSPS) is 11.8. The molecule has 0 aromatic heterocycles. The molecule has 0 heterocycles. The number of hydrogen-bond acceptors (Lipinski definition) is 6. The molecule has 6 heteroatoms. The summed E-state index contributed by atoms with van der Waals surface area (Å²) in [6.45, 7) is 3.11. The Kier molecular flexibility index (Phi) is 3.89. The molecule has 0 aliphatic heterocycles. The van der Waals surface area contributed by atoms with Crippen LogP contribution in [-0.4, -0.2) is 36.9 Å². The zero-order valence-corrected chi connectivity index (χ0v) is 12.3. The Labute approximate surface area is 126 Å². The first-order valence-corrected chi connectivity index (χ1v) is 6.77. The van der Waals surface area contributed by atoms with Crippen LogP contribution in [0.15, 0.2) is 18.2 Å². The molecule has 22 heavy (non-hydrogen) atoms. The predicted molar refractivity (Wildman–Crippen MR) is 80.5 cm³/mol. The molecule has 0 amide bonds. The lowest BCUT2D eigenvalue weighted by molar-refractivity contribution is 0.0632. The minimum Gasteiger partial charge on any atom is -0.507 e. The maximum absolute atomic E-state index is 12.2. The van der Waals surface area contributed by atoms with E-state index in [1.165, 1.54) is 6.07 Å². The fourth-order valence-corrected chi connectivity index (χ4v) is 2.26. The lowest BCUT2D eigenvalue weighted by atomic mass is 9.95. The van der Waals surface area contributed by atoms with E-state index in [1.807, 2.05) is 0 Å². The minimum atomic E-state index is -1.04. The van der Waals surface area contributed by atoms with Gasteiger partial charge in [0.25, 0.3) is 0 Å². The van der Waals surface area contributed by atoms with Crippen molar-refractivity contribution >= 4 is 16.6 Å². The number of benzene rings is 2. The van der Waals surface area contributed by atoms with Crippen molar-refractivity contribution in [1.82, 2.24) is 0 Å². The van der Waals surface area contributed by atoms with Crippen LogP contribution in [0.4, 0.5) is 0 Å². The number of phenols is 4. The van der Waals surface area contributed by atoms with Crippen molar-refractivity contribution in [3.63, 3.8) is 0 Å². The summed E-state index contributed by atoms with van der Waals surface area (Å²) in [5.74, 6) is -2.11. The number of fused-ring (bicyclic) bond motifs is 1. The van der Waals surface area contributed by atoms with E-state index in [0.717, 1.165) is 12.1 Å². The van der Waals surface area contributed by atoms with Crippen molar-refractivity contribution < 1.29 is 30.3 Å². The van der Waals surface area contributed by atoms with Crippen LogP contribution >= 0.6 is 0 Å². The molecular formula is C16H18O6. The number of rotatable bonds is 4. The highest BCUT2D eigenvalue weighted by molar-refractivity contribution is 6.10. The van der Waals surface area contributed by atoms with Crippen LogP contribution in [0, 0.1) is 0 Å². The molecule has 0 aliphatic rings. The fourth-order valence-electron chi connectivity index (χ4n) is 2.26. The molecule has 0 aliphatic carbocycles.